The molecule has 2 atom stereocenters. The summed E-state index contributed by atoms with van der Waals surface area (Å²) in [4.78, 5) is 4.49. The lowest BCUT2D eigenvalue weighted by Gasteiger charge is -2.33. The minimum atomic E-state index is -3.44. The molecule has 118 valence electrons. The first kappa shape index (κ1) is 16.6. The highest BCUT2D eigenvalue weighted by atomic mass is 32.2. The second kappa shape index (κ2) is 6.98. The van der Waals surface area contributed by atoms with Gasteiger partial charge in [0.05, 0.1) is 4.90 Å². The second-order valence-electron chi connectivity index (χ2n) is 5.38. The summed E-state index contributed by atoms with van der Waals surface area (Å²) in [5.41, 5.74) is 0. The second-order valence-corrected chi connectivity index (χ2v) is 9.20. The van der Waals surface area contributed by atoms with Gasteiger partial charge in [-0.3, -0.25) is 0 Å². The SMILES string of the molecule is CCCNc1cc(S(=O)(=O)N2CC(C)SC(C)C2)ccn1. The molecule has 0 bridgehead atoms. The quantitative estimate of drug-likeness (QED) is 0.899. The van der Waals surface area contributed by atoms with Gasteiger partial charge in [-0.2, -0.15) is 16.1 Å². The van der Waals surface area contributed by atoms with E-state index in [2.05, 4.69) is 31.1 Å². The third kappa shape index (κ3) is 4.11. The summed E-state index contributed by atoms with van der Waals surface area (Å²) in [5, 5.41) is 3.77. The average Bonchev–Trinajstić information content (AvgIpc) is 2.44. The molecule has 0 radical (unpaired) electrons. The molecule has 1 aliphatic rings. The van der Waals surface area contributed by atoms with Crippen molar-refractivity contribution in [3.8, 4) is 0 Å². The molecule has 1 aliphatic heterocycles. The molecule has 2 rings (SSSR count). The molecule has 0 amide bonds. The molecule has 5 nitrogen and oxygen atoms in total. The van der Waals surface area contributed by atoms with Crippen molar-refractivity contribution in [1.29, 1.82) is 0 Å². The number of hydrogen-bond acceptors (Lipinski definition) is 5. The van der Waals surface area contributed by atoms with Crippen molar-refractivity contribution >= 4 is 27.6 Å². The molecule has 1 aromatic heterocycles. The fourth-order valence-electron chi connectivity index (χ4n) is 2.40. The summed E-state index contributed by atoms with van der Waals surface area (Å²) < 4.78 is 27.1. The number of aromatic nitrogens is 1. The van der Waals surface area contributed by atoms with Gasteiger partial charge in [-0.1, -0.05) is 20.8 Å². The fourth-order valence-corrected chi connectivity index (χ4v) is 5.54. The molecular weight excluding hydrogens is 306 g/mol. The first-order valence-electron chi connectivity index (χ1n) is 7.29. The smallest absolute Gasteiger partial charge is 0.243 e. The van der Waals surface area contributed by atoms with Crippen LogP contribution in [0.3, 0.4) is 0 Å². The summed E-state index contributed by atoms with van der Waals surface area (Å²) in [5.74, 6) is 0.616. The van der Waals surface area contributed by atoms with Gasteiger partial charge < -0.3 is 5.32 Å². The number of sulfonamides is 1. The summed E-state index contributed by atoms with van der Waals surface area (Å²) in [6, 6.07) is 3.20. The summed E-state index contributed by atoms with van der Waals surface area (Å²) in [7, 11) is -3.44. The number of thioether (sulfide) groups is 1. The highest BCUT2D eigenvalue weighted by Gasteiger charge is 2.32. The zero-order chi connectivity index (χ0) is 15.5. The standard InChI is InChI=1S/C14H23N3O2S2/c1-4-6-15-14-8-13(5-7-16-14)21(18,19)17-9-11(2)20-12(3)10-17/h5,7-8,11-12H,4,6,9-10H2,1-3H3,(H,15,16). The molecule has 0 spiro atoms. The van der Waals surface area contributed by atoms with Crippen LogP contribution in [0.4, 0.5) is 5.82 Å². The van der Waals surface area contributed by atoms with E-state index in [0.717, 1.165) is 13.0 Å². The Balaban J connectivity index is 2.22. The van der Waals surface area contributed by atoms with E-state index in [1.165, 1.54) is 0 Å². The average molecular weight is 329 g/mol. The third-order valence-electron chi connectivity index (χ3n) is 3.31. The predicted octanol–water partition coefficient (Wildman–Crippen LogP) is 2.42. The van der Waals surface area contributed by atoms with E-state index in [4.69, 9.17) is 0 Å². The third-order valence-corrected chi connectivity index (χ3v) is 6.37. The summed E-state index contributed by atoms with van der Waals surface area (Å²) >= 11 is 1.84. The van der Waals surface area contributed by atoms with Crippen LogP contribution in [0, 0.1) is 0 Å². The lowest BCUT2D eigenvalue weighted by molar-refractivity contribution is 0.405. The Morgan fingerprint density at radius 2 is 2.05 bits per heavy atom. The van der Waals surface area contributed by atoms with Gasteiger partial charge >= 0.3 is 0 Å². The molecule has 0 saturated carbocycles. The molecule has 1 N–H and O–H groups in total. The molecule has 7 heteroatoms. The van der Waals surface area contributed by atoms with Gasteiger partial charge in [0, 0.05) is 42.4 Å². The van der Waals surface area contributed by atoms with Crippen LogP contribution in [-0.2, 0) is 10.0 Å². The molecule has 1 aromatic rings. The molecule has 1 fully saturated rings. The van der Waals surface area contributed by atoms with Crippen molar-refractivity contribution in [1.82, 2.24) is 9.29 Å². The van der Waals surface area contributed by atoms with E-state index >= 15 is 0 Å². The maximum atomic E-state index is 12.8. The molecule has 1 saturated heterocycles. The van der Waals surface area contributed by atoms with E-state index in [9.17, 15) is 8.42 Å². The Labute approximate surface area is 131 Å². The van der Waals surface area contributed by atoms with Gasteiger partial charge in [0.25, 0.3) is 0 Å². The van der Waals surface area contributed by atoms with Crippen molar-refractivity contribution in [2.45, 2.75) is 42.6 Å². The molecular formula is C14H23N3O2S2. The fraction of sp³-hybridized carbons (Fsp3) is 0.643. The number of nitrogens with zero attached hydrogens (tertiary/aromatic N) is 2. The first-order valence-corrected chi connectivity index (χ1v) is 9.67. The number of rotatable bonds is 5. The maximum absolute atomic E-state index is 12.8. The van der Waals surface area contributed by atoms with Crippen LogP contribution in [0.2, 0.25) is 0 Å². The van der Waals surface area contributed by atoms with Crippen LogP contribution in [0.25, 0.3) is 0 Å². The maximum Gasteiger partial charge on any atom is 0.243 e. The van der Waals surface area contributed by atoms with Crippen LogP contribution in [0.15, 0.2) is 23.2 Å². The van der Waals surface area contributed by atoms with Crippen molar-refractivity contribution in [2.75, 3.05) is 25.0 Å². The lowest BCUT2D eigenvalue weighted by atomic mass is 10.4. The predicted molar refractivity (Wildman–Crippen MR) is 88.3 cm³/mol. The number of anilines is 1. The molecule has 0 aliphatic carbocycles. The van der Waals surface area contributed by atoms with Crippen LogP contribution in [0.1, 0.15) is 27.2 Å². The largest absolute Gasteiger partial charge is 0.370 e. The van der Waals surface area contributed by atoms with Crippen molar-refractivity contribution in [3.63, 3.8) is 0 Å². The van der Waals surface area contributed by atoms with E-state index < -0.39 is 10.0 Å². The van der Waals surface area contributed by atoms with Gasteiger partial charge in [-0.15, -0.1) is 0 Å². The topological polar surface area (TPSA) is 62.3 Å². The van der Waals surface area contributed by atoms with Crippen LogP contribution in [0.5, 0.6) is 0 Å². The number of nitrogens with one attached hydrogen (secondary N) is 1. The summed E-state index contributed by atoms with van der Waals surface area (Å²) in [6.07, 6.45) is 2.52. The molecule has 21 heavy (non-hydrogen) atoms. The van der Waals surface area contributed by atoms with E-state index in [1.54, 1.807) is 22.6 Å². The zero-order valence-corrected chi connectivity index (χ0v) is 14.4. The van der Waals surface area contributed by atoms with Crippen molar-refractivity contribution in [3.05, 3.63) is 18.3 Å². The van der Waals surface area contributed by atoms with Gasteiger partial charge in [-0.05, 0) is 12.5 Å². The normalized spacial score (nSPS) is 24.0. The van der Waals surface area contributed by atoms with Gasteiger partial charge in [0.1, 0.15) is 5.82 Å². The molecule has 2 unspecified atom stereocenters. The minimum absolute atomic E-state index is 0.322. The van der Waals surface area contributed by atoms with Crippen LogP contribution < -0.4 is 5.32 Å². The van der Waals surface area contributed by atoms with Gasteiger partial charge in [0.2, 0.25) is 10.0 Å². The minimum Gasteiger partial charge on any atom is -0.370 e. The summed E-state index contributed by atoms with van der Waals surface area (Å²) in [6.45, 7) is 8.12. The first-order chi connectivity index (χ1) is 9.93. The Kier molecular flexibility index (Phi) is 5.51. The van der Waals surface area contributed by atoms with Gasteiger partial charge in [-0.25, -0.2) is 13.4 Å². The van der Waals surface area contributed by atoms with Crippen molar-refractivity contribution in [2.24, 2.45) is 0 Å². The van der Waals surface area contributed by atoms with E-state index in [1.807, 2.05) is 11.8 Å². The lowest BCUT2D eigenvalue weighted by Crippen LogP contribution is -2.43. The zero-order valence-electron chi connectivity index (χ0n) is 12.7. The highest BCUT2D eigenvalue weighted by molar-refractivity contribution is 8.00. The Bertz CT molecular complexity index is 567. The van der Waals surface area contributed by atoms with Gasteiger partial charge in [0.15, 0.2) is 0 Å². The molecule has 0 aromatic carbocycles. The highest BCUT2D eigenvalue weighted by Crippen LogP contribution is 2.29. The van der Waals surface area contributed by atoms with E-state index in [-0.39, 0.29) is 0 Å². The Hall–Kier alpha value is -0.790. The van der Waals surface area contributed by atoms with E-state index in [0.29, 0.717) is 34.3 Å². The Morgan fingerprint density at radius 3 is 2.67 bits per heavy atom. The Morgan fingerprint density at radius 1 is 1.38 bits per heavy atom. The number of pyridine rings is 1. The monoisotopic (exact) mass is 329 g/mol. The number of hydrogen-bond donors (Lipinski definition) is 1. The molecule has 2 heterocycles. The van der Waals surface area contributed by atoms with Crippen molar-refractivity contribution < 1.29 is 8.42 Å². The van der Waals surface area contributed by atoms with Crippen LogP contribution in [-0.4, -0.2) is 47.8 Å². The van der Waals surface area contributed by atoms with Crippen LogP contribution >= 0.6 is 11.8 Å².